The second-order valence-corrected chi connectivity index (χ2v) is 8.20. The number of thiophene rings is 2. The second kappa shape index (κ2) is 6.98. The van der Waals surface area contributed by atoms with E-state index in [4.69, 9.17) is 0 Å². The van der Waals surface area contributed by atoms with E-state index in [1.165, 1.54) is 16.6 Å². The van der Waals surface area contributed by atoms with Gasteiger partial charge in [-0.05, 0) is 24.8 Å². The first-order valence-electron chi connectivity index (χ1n) is 7.32. The number of hydrogen-bond donors (Lipinski definition) is 1. The zero-order valence-electron chi connectivity index (χ0n) is 12.8. The van der Waals surface area contributed by atoms with Crippen LogP contribution in [-0.2, 0) is 11.2 Å². The summed E-state index contributed by atoms with van der Waals surface area (Å²) < 4.78 is 0. The normalized spacial score (nSPS) is 11.2. The van der Waals surface area contributed by atoms with Crippen LogP contribution in [0, 0.1) is 0 Å². The van der Waals surface area contributed by atoms with Gasteiger partial charge in [-0.2, -0.15) is 0 Å². The summed E-state index contributed by atoms with van der Waals surface area (Å²) in [7, 11) is 0. The minimum Gasteiger partial charge on any atom is -0.301 e. The topological polar surface area (TPSA) is 62.8 Å². The second-order valence-electron chi connectivity index (χ2n) is 5.08. The Morgan fingerprint density at radius 2 is 2.26 bits per heavy atom. The number of ketones is 1. The first kappa shape index (κ1) is 16.4. The van der Waals surface area contributed by atoms with Gasteiger partial charge in [0, 0.05) is 27.5 Å². The van der Waals surface area contributed by atoms with E-state index < -0.39 is 0 Å². The summed E-state index contributed by atoms with van der Waals surface area (Å²) >= 11 is 4.64. The van der Waals surface area contributed by atoms with Crippen molar-refractivity contribution in [2.75, 3.05) is 5.75 Å². The molecule has 3 rings (SSSR count). The van der Waals surface area contributed by atoms with Crippen LogP contribution < -0.4 is 5.56 Å². The standard InChI is InChI=1S/C16H16N2O2S3/c1-3-10-12(11-5-4-7-21-11)13-14(20)17-16(18-15(13)23-10)22-8-6-9(2)19/h4-5,7H,3,6,8H2,1-2H3,(H,17,18,20). The van der Waals surface area contributed by atoms with Gasteiger partial charge >= 0.3 is 0 Å². The van der Waals surface area contributed by atoms with Gasteiger partial charge in [0.1, 0.15) is 10.6 Å². The molecule has 3 aromatic heterocycles. The minimum absolute atomic E-state index is 0.0975. The molecule has 0 aromatic carbocycles. The quantitative estimate of drug-likeness (QED) is 0.522. The lowest BCUT2D eigenvalue weighted by atomic mass is 10.1. The highest BCUT2D eigenvalue weighted by atomic mass is 32.2. The Bertz CT molecular complexity index is 894. The minimum atomic E-state index is -0.0975. The summed E-state index contributed by atoms with van der Waals surface area (Å²) in [6.45, 7) is 3.67. The van der Waals surface area contributed by atoms with Gasteiger partial charge in [-0.3, -0.25) is 9.59 Å². The lowest BCUT2D eigenvalue weighted by Crippen LogP contribution is -2.09. The van der Waals surface area contributed by atoms with Crippen molar-refractivity contribution < 1.29 is 4.79 Å². The van der Waals surface area contributed by atoms with Gasteiger partial charge in [-0.15, -0.1) is 22.7 Å². The van der Waals surface area contributed by atoms with E-state index in [1.54, 1.807) is 29.6 Å². The average molecular weight is 365 g/mol. The maximum absolute atomic E-state index is 12.6. The molecule has 0 aliphatic heterocycles. The molecule has 7 heteroatoms. The van der Waals surface area contributed by atoms with Crippen LogP contribution in [0.2, 0.25) is 0 Å². The zero-order chi connectivity index (χ0) is 16.4. The van der Waals surface area contributed by atoms with E-state index in [9.17, 15) is 9.59 Å². The van der Waals surface area contributed by atoms with Gasteiger partial charge in [0.25, 0.3) is 5.56 Å². The van der Waals surface area contributed by atoms with Crippen molar-refractivity contribution >= 4 is 50.4 Å². The van der Waals surface area contributed by atoms with Crippen LogP contribution in [-0.4, -0.2) is 21.5 Å². The molecule has 120 valence electrons. The molecule has 0 amide bonds. The van der Waals surface area contributed by atoms with Crippen molar-refractivity contribution in [3.8, 4) is 10.4 Å². The summed E-state index contributed by atoms with van der Waals surface area (Å²) in [5.74, 6) is 0.776. The number of aromatic amines is 1. The highest BCUT2D eigenvalue weighted by molar-refractivity contribution is 7.99. The Kier molecular flexibility index (Phi) is 4.99. The molecule has 0 aliphatic rings. The lowest BCUT2D eigenvalue weighted by Gasteiger charge is -2.01. The molecule has 0 saturated heterocycles. The SMILES string of the molecule is CCc1sc2nc(SCCC(C)=O)[nH]c(=O)c2c1-c1cccs1. The highest BCUT2D eigenvalue weighted by Crippen LogP contribution is 2.39. The molecule has 0 bridgehead atoms. The Hall–Kier alpha value is -1.44. The van der Waals surface area contributed by atoms with E-state index in [0.717, 1.165) is 21.7 Å². The maximum Gasteiger partial charge on any atom is 0.260 e. The van der Waals surface area contributed by atoms with Gasteiger partial charge in [0.15, 0.2) is 5.16 Å². The number of H-pyrrole nitrogens is 1. The van der Waals surface area contributed by atoms with Crippen LogP contribution in [0.15, 0.2) is 27.5 Å². The van der Waals surface area contributed by atoms with Gasteiger partial charge < -0.3 is 4.98 Å². The number of carbonyl (C=O) groups excluding carboxylic acids is 1. The fraction of sp³-hybridized carbons (Fsp3) is 0.312. The van der Waals surface area contributed by atoms with Crippen molar-refractivity contribution in [2.24, 2.45) is 0 Å². The van der Waals surface area contributed by atoms with Crippen molar-refractivity contribution in [1.29, 1.82) is 0 Å². The van der Waals surface area contributed by atoms with E-state index in [1.807, 2.05) is 17.5 Å². The van der Waals surface area contributed by atoms with Crippen molar-refractivity contribution in [2.45, 2.75) is 31.8 Å². The molecule has 0 radical (unpaired) electrons. The van der Waals surface area contributed by atoms with Gasteiger partial charge in [-0.1, -0.05) is 24.8 Å². The highest BCUT2D eigenvalue weighted by Gasteiger charge is 2.18. The Morgan fingerprint density at radius 3 is 2.91 bits per heavy atom. The molecular weight excluding hydrogens is 348 g/mol. The predicted octanol–water partition coefficient (Wildman–Crippen LogP) is 4.35. The molecule has 0 unspecified atom stereocenters. The molecule has 1 N–H and O–H groups in total. The zero-order valence-corrected chi connectivity index (χ0v) is 15.3. The Morgan fingerprint density at radius 1 is 1.43 bits per heavy atom. The summed E-state index contributed by atoms with van der Waals surface area (Å²) in [5, 5.41) is 3.29. The van der Waals surface area contributed by atoms with E-state index in [2.05, 4.69) is 16.9 Å². The molecule has 4 nitrogen and oxygen atoms in total. The van der Waals surface area contributed by atoms with Crippen LogP contribution >= 0.6 is 34.4 Å². The Balaban J connectivity index is 2.05. The summed E-state index contributed by atoms with van der Waals surface area (Å²) in [6.07, 6.45) is 1.36. The molecule has 0 aliphatic carbocycles. The van der Waals surface area contributed by atoms with Crippen LogP contribution in [0.25, 0.3) is 20.7 Å². The molecular formula is C16H16N2O2S3. The van der Waals surface area contributed by atoms with E-state index >= 15 is 0 Å². The number of nitrogens with zero attached hydrogens (tertiary/aromatic N) is 1. The van der Waals surface area contributed by atoms with Gasteiger partial charge in [0.05, 0.1) is 5.39 Å². The monoisotopic (exact) mass is 364 g/mol. The number of carbonyl (C=O) groups is 1. The Labute approximate surface area is 146 Å². The van der Waals surface area contributed by atoms with Crippen LogP contribution in [0.1, 0.15) is 25.1 Å². The number of rotatable bonds is 6. The van der Waals surface area contributed by atoms with Crippen molar-refractivity contribution in [3.63, 3.8) is 0 Å². The first-order valence-corrected chi connectivity index (χ1v) is 10.00. The summed E-state index contributed by atoms with van der Waals surface area (Å²) in [6, 6.07) is 4.04. The number of nitrogens with one attached hydrogen (secondary N) is 1. The largest absolute Gasteiger partial charge is 0.301 e. The smallest absolute Gasteiger partial charge is 0.260 e. The third-order valence-electron chi connectivity index (χ3n) is 3.39. The van der Waals surface area contributed by atoms with Gasteiger partial charge in [0.2, 0.25) is 0 Å². The number of hydrogen-bond acceptors (Lipinski definition) is 6. The molecule has 0 saturated carbocycles. The number of thioether (sulfide) groups is 1. The van der Waals surface area contributed by atoms with Crippen LogP contribution in [0.3, 0.4) is 0 Å². The number of fused-ring (bicyclic) bond motifs is 1. The molecule has 3 heterocycles. The maximum atomic E-state index is 12.6. The predicted molar refractivity (Wildman–Crippen MR) is 99.0 cm³/mol. The number of aryl methyl sites for hydroxylation is 1. The van der Waals surface area contributed by atoms with E-state index in [-0.39, 0.29) is 11.3 Å². The molecule has 23 heavy (non-hydrogen) atoms. The van der Waals surface area contributed by atoms with E-state index in [0.29, 0.717) is 22.7 Å². The van der Waals surface area contributed by atoms with Crippen LogP contribution in [0.5, 0.6) is 0 Å². The fourth-order valence-corrected chi connectivity index (χ4v) is 5.28. The van der Waals surface area contributed by atoms with Crippen LogP contribution in [0.4, 0.5) is 0 Å². The third kappa shape index (κ3) is 3.41. The number of Topliss-reactive ketones (excluding diaryl/α,β-unsaturated/α-hetero) is 1. The first-order chi connectivity index (χ1) is 11.1. The van der Waals surface area contributed by atoms with Crippen molar-refractivity contribution in [1.82, 2.24) is 9.97 Å². The average Bonchev–Trinajstić information content (AvgIpc) is 3.13. The lowest BCUT2D eigenvalue weighted by molar-refractivity contribution is -0.116. The molecule has 3 aromatic rings. The number of aromatic nitrogens is 2. The molecule has 0 fully saturated rings. The fourth-order valence-electron chi connectivity index (χ4n) is 2.32. The molecule has 0 spiro atoms. The van der Waals surface area contributed by atoms with Gasteiger partial charge in [-0.25, -0.2) is 4.98 Å². The summed E-state index contributed by atoms with van der Waals surface area (Å²) in [5.41, 5.74) is 0.927. The third-order valence-corrected chi connectivity index (χ3v) is 6.39. The molecule has 0 atom stereocenters. The van der Waals surface area contributed by atoms with Crippen molar-refractivity contribution in [3.05, 3.63) is 32.7 Å². The summed E-state index contributed by atoms with van der Waals surface area (Å²) in [4.78, 5) is 34.1.